The second kappa shape index (κ2) is 6.33. The molecule has 0 atom stereocenters. The number of carbonyl (C=O) groups is 1. The van der Waals surface area contributed by atoms with Crippen LogP contribution >= 0.6 is 38.9 Å². The maximum absolute atomic E-state index is 12.2. The number of nitrogens with zero attached hydrogens (tertiary/aromatic N) is 1. The van der Waals surface area contributed by atoms with Crippen molar-refractivity contribution in [3.05, 3.63) is 14.9 Å². The van der Waals surface area contributed by atoms with Gasteiger partial charge in [0.15, 0.2) is 0 Å². The van der Waals surface area contributed by atoms with E-state index in [1.165, 1.54) is 13.2 Å². The Labute approximate surface area is 123 Å². The fraction of sp³-hybridized carbons (Fsp3) is 0.444. The van der Waals surface area contributed by atoms with Gasteiger partial charge in [-0.1, -0.05) is 18.5 Å². The van der Waals surface area contributed by atoms with Gasteiger partial charge in [-0.25, -0.2) is 8.42 Å². The summed E-state index contributed by atoms with van der Waals surface area (Å²) in [5.74, 6) is -0.609. The molecule has 0 bridgehead atoms. The molecule has 102 valence electrons. The van der Waals surface area contributed by atoms with Crippen LogP contribution in [-0.2, 0) is 19.6 Å². The van der Waals surface area contributed by atoms with Crippen LogP contribution in [0.2, 0.25) is 5.02 Å². The first-order valence-corrected chi connectivity index (χ1v) is 8.27. The predicted octanol–water partition coefficient (Wildman–Crippen LogP) is 2.35. The number of likely N-dealkylation sites (N-methyl/N-ethyl adjacent to an activating group) is 1. The molecular weight excluding hydrogens is 366 g/mol. The SMILES string of the molecule is CCN(CC(=O)OC)S(=O)(=O)c1cc(Cl)c(Br)s1. The van der Waals surface area contributed by atoms with Crippen LogP contribution in [0.3, 0.4) is 0 Å². The zero-order valence-electron chi connectivity index (χ0n) is 9.64. The van der Waals surface area contributed by atoms with Crippen LogP contribution in [0.15, 0.2) is 14.1 Å². The Morgan fingerprint density at radius 2 is 2.22 bits per heavy atom. The van der Waals surface area contributed by atoms with Gasteiger partial charge in [0.05, 0.1) is 15.9 Å². The first-order chi connectivity index (χ1) is 8.32. The lowest BCUT2D eigenvalue weighted by Gasteiger charge is -2.17. The molecule has 1 aromatic rings. The molecule has 1 heterocycles. The van der Waals surface area contributed by atoms with Crippen LogP contribution in [0.4, 0.5) is 0 Å². The lowest BCUT2D eigenvalue weighted by molar-refractivity contribution is -0.140. The van der Waals surface area contributed by atoms with E-state index in [0.29, 0.717) is 8.81 Å². The molecule has 0 fully saturated rings. The molecule has 5 nitrogen and oxygen atoms in total. The number of ether oxygens (including phenoxy) is 1. The molecule has 0 aliphatic rings. The van der Waals surface area contributed by atoms with Gasteiger partial charge in [-0.3, -0.25) is 4.79 Å². The van der Waals surface area contributed by atoms with E-state index in [9.17, 15) is 13.2 Å². The van der Waals surface area contributed by atoms with Gasteiger partial charge in [-0.15, -0.1) is 11.3 Å². The zero-order valence-corrected chi connectivity index (χ0v) is 13.6. The minimum atomic E-state index is -3.72. The van der Waals surface area contributed by atoms with Crippen molar-refractivity contribution in [1.29, 1.82) is 0 Å². The Balaban J connectivity index is 3.07. The van der Waals surface area contributed by atoms with Crippen molar-refractivity contribution < 1.29 is 17.9 Å². The van der Waals surface area contributed by atoms with Gasteiger partial charge >= 0.3 is 5.97 Å². The average molecular weight is 377 g/mol. The van der Waals surface area contributed by atoms with E-state index in [0.717, 1.165) is 15.6 Å². The number of sulfonamides is 1. The minimum Gasteiger partial charge on any atom is -0.468 e. The van der Waals surface area contributed by atoms with Crippen molar-refractivity contribution >= 4 is 54.9 Å². The molecule has 0 saturated carbocycles. The van der Waals surface area contributed by atoms with E-state index in [1.54, 1.807) is 6.92 Å². The van der Waals surface area contributed by atoms with Gasteiger partial charge in [0.1, 0.15) is 10.8 Å². The average Bonchev–Trinajstić information content (AvgIpc) is 2.66. The Morgan fingerprint density at radius 1 is 1.61 bits per heavy atom. The van der Waals surface area contributed by atoms with Crippen LogP contribution in [0.25, 0.3) is 0 Å². The summed E-state index contributed by atoms with van der Waals surface area (Å²) in [5, 5.41) is 0.327. The number of thiophene rings is 1. The van der Waals surface area contributed by atoms with Gasteiger partial charge in [0, 0.05) is 6.54 Å². The van der Waals surface area contributed by atoms with Crippen molar-refractivity contribution in [3.8, 4) is 0 Å². The summed E-state index contributed by atoms with van der Waals surface area (Å²) in [6, 6.07) is 1.35. The third-order valence-corrected chi connectivity index (χ3v) is 6.95. The maximum atomic E-state index is 12.2. The van der Waals surface area contributed by atoms with Crippen LogP contribution in [0.5, 0.6) is 0 Å². The lowest BCUT2D eigenvalue weighted by Crippen LogP contribution is -2.35. The molecule has 0 spiro atoms. The summed E-state index contributed by atoms with van der Waals surface area (Å²) in [7, 11) is -2.51. The summed E-state index contributed by atoms with van der Waals surface area (Å²) in [5.41, 5.74) is 0. The molecule has 9 heteroatoms. The van der Waals surface area contributed by atoms with Gasteiger partial charge < -0.3 is 4.74 Å². The first-order valence-electron chi connectivity index (χ1n) is 4.84. The van der Waals surface area contributed by atoms with Gasteiger partial charge in [0.25, 0.3) is 10.0 Å². The Bertz CT molecular complexity index is 523. The number of esters is 1. The van der Waals surface area contributed by atoms with Crippen molar-refractivity contribution in [2.24, 2.45) is 0 Å². The number of hydrogen-bond donors (Lipinski definition) is 0. The maximum Gasteiger partial charge on any atom is 0.321 e. The number of methoxy groups -OCH3 is 1. The summed E-state index contributed by atoms with van der Waals surface area (Å²) >= 11 is 9.96. The third kappa shape index (κ3) is 3.45. The summed E-state index contributed by atoms with van der Waals surface area (Å²) < 4.78 is 30.6. The monoisotopic (exact) mass is 375 g/mol. The van der Waals surface area contributed by atoms with Crippen LogP contribution < -0.4 is 0 Å². The highest BCUT2D eigenvalue weighted by atomic mass is 79.9. The van der Waals surface area contributed by atoms with E-state index in [4.69, 9.17) is 11.6 Å². The molecule has 0 unspecified atom stereocenters. The summed E-state index contributed by atoms with van der Waals surface area (Å²) in [6.45, 7) is 1.50. The van der Waals surface area contributed by atoms with E-state index in [-0.39, 0.29) is 17.3 Å². The standard InChI is InChI=1S/C9H11BrClNO4S2/c1-3-12(5-7(13)16-2)18(14,15)8-4-6(11)9(10)17-8/h4H,3,5H2,1-2H3. The predicted molar refractivity (Wildman–Crippen MR) is 73.5 cm³/mol. The summed E-state index contributed by atoms with van der Waals surface area (Å²) in [4.78, 5) is 11.2. The van der Waals surface area contributed by atoms with Crippen LogP contribution in [0, 0.1) is 0 Å². The first kappa shape index (κ1) is 15.9. The molecule has 1 aromatic heterocycles. The number of carbonyl (C=O) groups excluding carboxylic acids is 1. The molecule has 0 amide bonds. The van der Waals surface area contributed by atoms with Crippen molar-refractivity contribution in [1.82, 2.24) is 4.31 Å². The molecule has 18 heavy (non-hydrogen) atoms. The fourth-order valence-corrected chi connectivity index (χ4v) is 5.10. The van der Waals surface area contributed by atoms with E-state index in [1.807, 2.05) is 0 Å². The zero-order chi connectivity index (χ0) is 13.9. The molecule has 1 rings (SSSR count). The van der Waals surface area contributed by atoms with Gasteiger partial charge in [0.2, 0.25) is 0 Å². The van der Waals surface area contributed by atoms with E-state index >= 15 is 0 Å². The van der Waals surface area contributed by atoms with Crippen LogP contribution in [0.1, 0.15) is 6.92 Å². The Morgan fingerprint density at radius 3 is 2.61 bits per heavy atom. The molecule has 0 saturated heterocycles. The largest absolute Gasteiger partial charge is 0.468 e. The summed E-state index contributed by atoms with van der Waals surface area (Å²) in [6.07, 6.45) is 0. The van der Waals surface area contributed by atoms with Gasteiger partial charge in [-0.2, -0.15) is 4.31 Å². The minimum absolute atomic E-state index is 0.0881. The molecule has 0 aliphatic carbocycles. The molecule has 0 aromatic carbocycles. The second-order valence-corrected chi connectivity index (χ2v) is 8.14. The highest BCUT2D eigenvalue weighted by Gasteiger charge is 2.28. The molecule has 0 N–H and O–H groups in total. The normalized spacial score (nSPS) is 11.8. The van der Waals surface area contributed by atoms with Gasteiger partial charge in [-0.05, 0) is 22.0 Å². The number of rotatable bonds is 5. The van der Waals surface area contributed by atoms with E-state index < -0.39 is 16.0 Å². The Hall–Kier alpha value is -0.150. The van der Waals surface area contributed by atoms with Crippen molar-refractivity contribution in [2.45, 2.75) is 11.1 Å². The van der Waals surface area contributed by atoms with Crippen molar-refractivity contribution in [3.63, 3.8) is 0 Å². The lowest BCUT2D eigenvalue weighted by atomic mass is 10.6. The van der Waals surface area contributed by atoms with Crippen molar-refractivity contribution in [2.75, 3.05) is 20.2 Å². The number of halogens is 2. The molecule has 0 radical (unpaired) electrons. The number of hydrogen-bond acceptors (Lipinski definition) is 5. The molecule has 0 aliphatic heterocycles. The quantitative estimate of drug-likeness (QED) is 0.740. The Kier molecular flexibility index (Phi) is 5.60. The highest BCUT2D eigenvalue weighted by molar-refractivity contribution is 9.11. The second-order valence-electron chi connectivity index (χ2n) is 3.19. The third-order valence-electron chi connectivity index (χ3n) is 2.10. The highest BCUT2D eigenvalue weighted by Crippen LogP contribution is 2.35. The van der Waals surface area contributed by atoms with E-state index in [2.05, 4.69) is 20.7 Å². The molecular formula is C9H11BrClNO4S2. The smallest absolute Gasteiger partial charge is 0.321 e. The fourth-order valence-electron chi connectivity index (χ4n) is 1.16. The van der Waals surface area contributed by atoms with Crippen LogP contribution in [-0.4, -0.2) is 38.9 Å². The topological polar surface area (TPSA) is 63.7 Å².